The lowest BCUT2D eigenvalue weighted by molar-refractivity contribution is -0.274. The van der Waals surface area contributed by atoms with Gasteiger partial charge in [0.1, 0.15) is 11.6 Å². The van der Waals surface area contributed by atoms with Gasteiger partial charge < -0.3 is 26.3 Å². The van der Waals surface area contributed by atoms with Crippen molar-refractivity contribution in [3.63, 3.8) is 0 Å². The van der Waals surface area contributed by atoms with Gasteiger partial charge in [-0.3, -0.25) is 9.78 Å². The van der Waals surface area contributed by atoms with Crippen molar-refractivity contribution in [2.45, 2.75) is 18.8 Å². The van der Waals surface area contributed by atoms with Crippen LogP contribution >= 0.6 is 0 Å². The molecule has 188 valence electrons. The molecule has 0 bridgehead atoms. The van der Waals surface area contributed by atoms with Crippen molar-refractivity contribution in [2.75, 3.05) is 6.61 Å². The van der Waals surface area contributed by atoms with Gasteiger partial charge in [-0.25, -0.2) is 4.39 Å². The molecular weight excluding hydrogens is 480 g/mol. The van der Waals surface area contributed by atoms with Gasteiger partial charge in [-0.05, 0) is 60.2 Å². The highest BCUT2D eigenvalue weighted by atomic mass is 19.4. The summed E-state index contributed by atoms with van der Waals surface area (Å²) in [6, 6.07) is 12.6. The van der Waals surface area contributed by atoms with E-state index in [1.54, 1.807) is 24.4 Å². The number of alkyl halides is 3. The molecule has 7 nitrogen and oxygen atoms in total. The van der Waals surface area contributed by atoms with E-state index in [-0.39, 0.29) is 29.0 Å². The zero-order chi connectivity index (χ0) is 26.3. The van der Waals surface area contributed by atoms with E-state index in [9.17, 15) is 27.5 Å². The third-order valence-electron chi connectivity index (χ3n) is 4.98. The number of aliphatic hydroxyl groups is 1. The first-order valence-electron chi connectivity index (χ1n) is 10.6. The molecule has 5 N–H and O–H groups in total. The van der Waals surface area contributed by atoms with Gasteiger partial charge in [0.05, 0.1) is 29.5 Å². The second-order valence-corrected chi connectivity index (χ2v) is 7.62. The molecule has 0 saturated carbocycles. The van der Waals surface area contributed by atoms with Gasteiger partial charge in [0.25, 0.3) is 5.91 Å². The van der Waals surface area contributed by atoms with Crippen molar-refractivity contribution in [1.29, 1.82) is 5.41 Å². The first-order chi connectivity index (χ1) is 17.1. The Bertz CT molecular complexity index is 1250. The summed E-state index contributed by atoms with van der Waals surface area (Å²) in [6.45, 7) is -0.461. The van der Waals surface area contributed by atoms with Gasteiger partial charge in [0, 0.05) is 24.0 Å². The molecule has 36 heavy (non-hydrogen) atoms. The first kappa shape index (κ1) is 26.4. The number of hydrogen-bond acceptors (Lipinski definition) is 6. The molecule has 0 aliphatic carbocycles. The number of carbonyl (C=O) groups excluding carboxylic acids is 1. The summed E-state index contributed by atoms with van der Waals surface area (Å²) in [4.78, 5) is 17.2. The average molecular weight is 502 g/mol. The Morgan fingerprint density at radius 2 is 1.86 bits per heavy atom. The summed E-state index contributed by atoms with van der Waals surface area (Å²) in [6.07, 6.45) is -2.33. The number of carbonyl (C=O) groups is 1. The number of halogens is 4. The molecule has 0 spiro atoms. The summed E-state index contributed by atoms with van der Waals surface area (Å²) in [5.74, 6) is -2.10. The Balaban J connectivity index is 1.97. The largest absolute Gasteiger partial charge is 0.573 e. The number of nitrogens with two attached hydrogens (primary N) is 1. The monoisotopic (exact) mass is 502 g/mol. The van der Waals surface area contributed by atoms with Crippen molar-refractivity contribution in [1.82, 2.24) is 10.3 Å². The fraction of sp³-hybridized carbons (Fsp3) is 0.160. The minimum Gasteiger partial charge on any atom is -0.405 e. The van der Waals surface area contributed by atoms with Crippen LogP contribution in [0.4, 0.5) is 17.6 Å². The molecule has 0 unspecified atom stereocenters. The van der Waals surface area contributed by atoms with Crippen LogP contribution in [0, 0.1) is 11.2 Å². The normalized spacial score (nSPS) is 12.6. The van der Waals surface area contributed by atoms with Crippen LogP contribution < -0.4 is 15.8 Å². The van der Waals surface area contributed by atoms with Gasteiger partial charge in [0.2, 0.25) is 0 Å². The molecule has 0 aliphatic heterocycles. The number of benzene rings is 2. The van der Waals surface area contributed by atoms with Gasteiger partial charge in [-0.15, -0.1) is 13.2 Å². The molecule has 1 amide bonds. The number of nitrogens with one attached hydrogen (secondary N) is 2. The predicted octanol–water partition coefficient (Wildman–Crippen LogP) is 3.82. The molecule has 0 fully saturated rings. The summed E-state index contributed by atoms with van der Waals surface area (Å²) in [5.41, 5.74) is 5.64. The number of pyridine rings is 1. The third-order valence-corrected chi connectivity index (χ3v) is 4.98. The quantitative estimate of drug-likeness (QED) is 0.262. The minimum atomic E-state index is -5.08. The van der Waals surface area contributed by atoms with E-state index in [0.29, 0.717) is 5.69 Å². The zero-order valence-corrected chi connectivity index (χ0v) is 18.7. The van der Waals surface area contributed by atoms with E-state index in [1.807, 2.05) is 0 Å². The van der Waals surface area contributed by atoms with Gasteiger partial charge in [-0.1, -0.05) is 12.1 Å². The van der Waals surface area contributed by atoms with E-state index < -0.39 is 42.0 Å². The number of allylic oxidation sites excluding steroid dienone is 1. The van der Waals surface area contributed by atoms with Crippen molar-refractivity contribution in [3.05, 3.63) is 101 Å². The second kappa shape index (κ2) is 11.5. The Hall–Kier alpha value is -4.25. The Kier molecular flexibility index (Phi) is 8.38. The number of ether oxygens (including phenoxy) is 1. The minimum absolute atomic E-state index is 0.164. The van der Waals surface area contributed by atoms with Gasteiger partial charge in [-0.2, -0.15) is 0 Å². The smallest absolute Gasteiger partial charge is 0.405 e. The number of aliphatic hydroxyl groups excluding tert-OH is 1. The molecule has 0 saturated heterocycles. The summed E-state index contributed by atoms with van der Waals surface area (Å²) in [5, 5.41) is 20.5. The second-order valence-electron chi connectivity index (χ2n) is 7.62. The lowest BCUT2D eigenvalue weighted by atomic mass is 9.99. The highest BCUT2D eigenvalue weighted by molar-refractivity contribution is 6.11. The maximum absolute atomic E-state index is 13.2. The molecule has 1 heterocycles. The molecule has 0 radical (unpaired) electrons. The van der Waals surface area contributed by atoms with Crippen molar-refractivity contribution < 1.29 is 32.2 Å². The van der Waals surface area contributed by atoms with Crippen LogP contribution in [-0.2, 0) is 6.42 Å². The topological polar surface area (TPSA) is 121 Å². The van der Waals surface area contributed by atoms with Crippen molar-refractivity contribution in [2.24, 2.45) is 5.73 Å². The SMILES string of the molecule is N=C(C=C(N)c1c(OC(F)(F)F)cccc1C(=O)N[C@@H](CO)Cc1ccccn1)c1ccc(F)cc1. The van der Waals surface area contributed by atoms with Gasteiger partial charge >= 0.3 is 6.36 Å². The Morgan fingerprint density at radius 1 is 1.14 bits per heavy atom. The molecule has 3 rings (SSSR count). The van der Waals surface area contributed by atoms with Crippen molar-refractivity contribution >= 4 is 17.3 Å². The Morgan fingerprint density at radius 3 is 2.47 bits per heavy atom. The number of aromatic nitrogens is 1. The maximum atomic E-state index is 13.2. The molecule has 1 atom stereocenters. The van der Waals surface area contributed by atoms with Crippen LogP contribution in [-0.4, -0.2) is 40.7 Å². The van der Waals surface area contributed by atoms with Crippen LogP contribution in [0.2, 0.25) is 0 Å². The van der Waals surface area contributed by atoms with E-state index in [4.69, 9.17) is 11.1 Å². The molecular formula is C25H22F4N4O3. The van der Waals surface area contributed by atoms with E-state index in [2.05, 4.69) is 15.0 Å². The van der Waals surface area contributed by atoms with E-state index in [1.165, 1.54) is 24.3 Å². The summed E-state index contributed by atoms with van der Waals surface area (Å²) < 4.78 is 56.6. The summed E-state index contributed by atoms with van der Waals surface area (Å²) >= 11 is 0. The van der Waals surface area contributed by atoms with Crippen LogP contribution in [0.15, 0.2) is 72.9 Å². The Labute approximate surface area is 203 Å². The number of hydrogen-bond donors (Lipinski definition) is 4. The van der Waals surface area contributed by atoms with Crippen LogP contribution in [0.5, 0.6) is 5.75 Å². The number of rotatable bonds is 9. The lowest BCUT2D eigenvalue weighted by Crippen LogP contribution is -2.39. The highest BCUT2D eigenvalue weighted by Crippen LogP contribution is 2.32. The van der Waals surface area contributed by atoms with Gasteiger partial charge in [0.15, 0.2) is 0 Å². The number of amides is 1. The third kappa shape index (κ3) is 7.12. The average Bonchev–Trinajstić information content (AvgIpc) is 2.83. The van der Waals surface area contributed by atoms with E-state index >= 15 is 0 Å². The van der Waals surface area contributed by atoms with Crippen LogP contribution in [0.25, 0.3) is 5.70 Å². The molecule has 0 aliphatic rings. The number of nitrogens with zero attached hydrogens (tertiary/aromatic N) is 1. The fourth-order valence-electron chi connectivity index (χ4n) is 3.36. The van der Waals surface area contributed by atoms with Crippen LogP contribution in [0.1, 0.15) is 27.2 Å². The van der Waals surface area contributed by atoms with Crippen molar-refractivity contribution in [3.8, 4) is 5.75 Å². The van der Waals surface area contributed by atoms with E-state index in [0.717, 1.165) is 24.3 Å². The lowest BCUT2D eigenvalue weighted by Gasteiger charge is -2.20. The standard InChI is InChI=1S/C25H22F4N4O3/c26-16-9-7-15(8-10-16)20(30)13-21(31)23-19(5-3-6-22(23)36-25(27,28)29)24(35)33-18(14-34)12-17-4-1-2-11-32-17/h1-11,13,18,30,34H,12,14,31H2,(H,33,35)/t18-/m1/s1. The fourth-order valence-corrected chi connectivity index (χ4v) is 3.36. The summed E-state index contributed by atoms with van der Waals surface area (Å²) in [7, 11) is 0. The zero-order valence-electron chi connectivity index (χ0n) is 18.7. The van der Waals surface area contributed by atoms with Crippen LogP contribution in [0.3, 0.4) is 0 Å². The molecule has 11 heteroatoms. The maximum Gasteiger partial charge on any atom is 0.573 e. The molecule has 2 aromatic carbocycles. The molecule has 1 aromatic heterocycles. The highest BCUT2D eigenvalue weighted by Gasteiger charge is 2.33. The molecule has 3 aromatic rings. The first-order valence-corrected chi connectivity index (χ1v) is 10.6. The predicted molar refractivity (Wildman–Crippen MR) is 125 cm³/mol.